The summed E-state index contributed by atoms with van der Waals surface area (Å²) in [4.78, 5) is 15.9. The molecule has 1 saturated heterocycles. The number of pyridine rings is 1. The lowest BCUT2D eigenvalue weighted by atomic mass is 10.1. The predicted molar refractivity (Wildman–Crippen MR) is 81.7 cm³/mol. The van der Waals surface area contributed by atoms with Crippen LogP contribution in [-0.2, 0) is 0 Å². The number of rotatable bonds is 4. The van der Waals surface area contributed by atoms with E-state index in [4.69, 9.17) is 10.5 Å². The normalized spacial score (nSPS) is 17.9. The third-order valence-electron chi connectivity index (χ3n) is 3.75. The molecule has 3 rings (SSSR count). The van der Waals surface area contributed by atoms with E-state index in [-0.39, 0.29) is 0 Å². The van der Waals surface area contributed by atoms with E-state index in [9.17, 15) is 4.79 Å². The van der Waals surface area contributed by atoms with Crippen LogP contribution in [0.25, 0.3) is 10.8 Å². The molecule has 1 aromatic carbocycles. The number of primary amides is 1. The smallest absolute Gasteiger partial charge is 0.252 e. The maximum absolute atomic E-state index is 11.5. The average molecular weight is 286 g/mol. The molecule has 0 spiro atoms. The summed E-state index contributed by atoms with van der Waals surface area (Å²) in [7, 11) is 1.53. The molecule has 1 aliphatic rings. The Hall–Kier alpha value is -2.34. The number of carbonyl (C=O) groups is 1. The van der Waals surface area contributed by atoms with Crippen LogP contribution in [0, 0.1) is 0 Å². The van der Waals surface area contributed by atoms with Gasteiger partial charge in [-0.2, -0.15) is 0 Å². The van der Waals surface area contributed by atoms with Crippen LogP contribution >= 0.6 is 0 Å². The van der Waals surface area contributed by atoms with Crippen LogP contribution < -0.4 is 21.1 Å². The molecule has 6 nitrogen and oxygen atoms in total. The summed E-state index contributed by atoms with van der Waals surface area (Å²) in [5.74, 6) is 0.770. The molecule has 1 amide bonds. The van der Waals surface area contributed by atoms with Gasteiger partial charge in [0.15, 0.2) is 0 Å². The Morgan fingerprint density at radius 2 is 2.38 bits per heavy atom. The minimum atomic E-state index is -0.500. The van der Waals surface area contributed by atoms with Crippen molar-refractivity contribution in [3.8, 4) is 5.75 Å². The molecule has 1 fully saturated rings. The summed E-state index contributed by atoms with van der Waals surface area (Å²) in [6.07, 6.45) is 2.79. The number of nitrogens with zero attached hydrogens (tertiary/aromatic N) is 1. The molecule has 21 heavy (non-hydrogen) atoms. The van der Waals surface area contributed by atoms with Crippen molar-refractivity contribution >= 4 is 22.5 Å². The summed E-state index contributed by atoms with van der Waals surface area (Å²) in [6.45, 7) is 1.94. The van der Waals surface area contributed by atoms with Gasteiger partial charge in [-0.25, -0.2) is 4.98 Å². The maximum Gasteiger partial charge on any atom is 0.252 e. The summed E-state index contributed by atoms with van der Waals surface area (Å²) in [6, 6.07) is 5.78. The van der Waals surface area contributed by atoms with Crippen molar-refractivity contribution in [2.24, 2.45) is 5.73 Å². The van der Waals surface area contributed by atoms with E-state index >= 15 is 0 Å². The topological polar surface area (TPSA) is 89.3 Å². The third-order valence-corrected chi connectivity index (χ3v) is 3.75. The van der Waals surface area contributed by atoms with Gasteiger partial charge in [-0.05, 0) is 36.6 Å². The van der Waals surface area contributed by atoms with Crippen molar-refractivity contribution in [2.45, 2.75) is 12.5 Å². The number of benzene rings is 1. The number of hydrogen-bond donors (Lipinski definition) is 3. The highest BCUT2D eigenvalue weighted by molar-refractivity contribution is 6.03. The van der Waals surface area contributed by atoms with Gasteiger partial charge >= 0.3 is 0 Å². The first-order valence-electron chi connectivity index (χ1n) is 6.93. The minimum absolute atomic E-state index is 0.366. The number of nitrogens with two attached hydrogens (primary N) is 1. The maximum atomic E-state index is 11.5. The lowest BCUT2D eigenvalue weighted by molar-refractivity contribution is 0.0997. The fraction of sp³-hybridized carbons (Fsp3) is 0.333. The third kappa shape index (κ3) is 2.62. The van der Waals surface area contributed by atoms with Gasteiger partial charge < -0.3 is 21.1 Å². The molecule has 1 aromatic heterocycles. The Bertz CT molecular complexity index is 681. The van der Waals surface area contributed by atoms with E-state index in [0.717, 1.165) is 36.1 Å². The van der Waals surface area contributed by atoms with Crippen LogP contribution in [0.15, 0.2) is 24.4 Å². The van der Waals surface area contributed by atoms with Crippen molar-refractivity contribution < 1.29 is 9.53 Å². The zero-order chi connectivity index (χ0) is 14.8. The first-order valence-corrected chi connectivity index (χ1v) is 6.93. The molecule has 1 atom stereocenters. The summed E-state index contributed by atoms with van der Waals surface area (Å²) in [5.41, 5.74) is 5.77. The van der Waals surface area contributed by atoms with Crippen LogP contribution in [0.1, 0.15) is 16.8 Å². The van der Waals surface area contributed by atoms with E-state index in [2.05, 4.69) is 15.6 Å². The molecule has 0 bridgehead atoms. The second kappa shape index (κ2) is 5.57. The zero-order valence-electron chi connectivity index (χ0n) is 11.8. The number of ether oxygens (including phenoxy) is 1. The van der Waals surface area contributed by atoms with Crippen molar-refractivity contribution in [2.75, 3.05) is 25.5 Å². The quantitative estimate of drug-likeness (QED) is 0.783. The number of carbonyl (C=O) groups excluding carboxylic acids is 1. The van der Waals surface area contributed by atoms with Crippen LogP contribution in [0.2, 0.25) is 0 Å². The van der Waals surface area contributed by atoms with E-state index in [0.29, 0.717) is 17.4 Å². The summed E-state index contributed by atoms with van der Waals surface area (Å²) >= 11 is 0. The minimum Gasteiger partial charge on any atom is -0.496 e. The van der Waals surface area contributed by atoms with Crippen molar-refractivity contribution in [3.05, 3.63) is 30.0 Å². The Labute approximate surface area is 122 Å². The molecule has 2 aromatic rings. The van der Waals surface area contributed by atoms with Gasteiger partial charge in [0.25, 0.3) is 5.91 Å². The van der Waals surface area contributed by atoms with Crippen molar-refractivity contribution in [1.29, 1.82) is 0 Å². The van der Waals surface area contributed by atoms with Crippen molar-refractivity contribution in [3.63, 3.8) is 0 Å². The Morgan fingerprint density at radius 1 is 1.52 bits per heavy atom. The highest BCUT2D eigenvalue weighted by Crippen LogP contribution is 2.30. The number of anilines is 1. The Balaban J connectivity index is 2.06. The summed E-state index contributed by atoms with van der Waals surface area (Å²) < 4.78 is 5.27. The number of aromatic nitrogens is 1. The second-order valence-electron chi connectivity index (χ2n) is 5.13. The van der Waals surface area contributed by atoms with Crippen molar-refractivity contribution in [1.82, 2.24) is 10.3 Å². The Kier molecular flexibility index (Phi) is 3.62. The lowest BCUT2D eigenvalue weighted by Crippen LogP contribution is -2.22. The average Bonchev–Trinajstić information content (AvgIpc) is 2.99. The number of fused-ring (bicyclic) bond motifs is 1. The van der Waals surface area contributed by atoms with Gasteiger partial charge in [0.05, 0.1) is 12.7 Å². The Morgan fingerprint density at radius 3 is 3.05 bits per heavy atom. The SMILES string of the molecule is COc1cc2c(NC3CCNC3)nccc2cc1C(N)=O. The number of nitrogens with one attached hydrogen (secondary N) is 2. The molecule has 0 aliphatic carbocycles. The number of amides is 1. The monoisotopic (exact) mass is 286 g/mol. The van der Waals surface area contributed by atoms with Gasteiger partial charge in [-0.3, -0.25) is 4.79 Å². The number of methoxy groups -OCH3 is 1. The molecular weight excluding hydrogens is 268 g/mol. The first kappa shape index (κ1) is 13.6. The largest absolute Gasteiger partial charge is 0.496 e. The van der Waals surface area contributed by atoms with E-state index in [1.165, 1.54) is 7.11 Å². The fourth-order valence-electron chi connectivity index (χ4n) is 2.65. The number of hydrogen-bond acceptors (Lipinski definition) is 5. The molecular formula is C15H18N4O2. The molecule has 6 heteroatoms. The van der Waals surface area contributed by atoms with E-state index < -0.39 is 5.91 Å². The highest BCUT2D eigenvalue weighted by Gasteiger charge is 2.17. The van der Waals surface area contributed by atoms with Crippen LogP contribution in [-0.4, -0.2) is 37.1 Å². The molecule has 4 N–H and O–H groups in total. The highest BCUT2D eigenvalue weighted by atomic mass is 16.5. The second-order valence-corrected chi connectivity index (χ2v) is 5.13. The molecule has 2 heterocycles. The molecule has 1 aliphatic heterocycles. The van der Waals surface area contributed by atoms with Crippen LogP contribution in [0.5, 0.6) is 5.75 Å². The standard InChI is InChI=1S/C15H18N4O2/c1-21-13-7-11-9(6-12(13)14(16)20)2-5-18-15(11)19-10-3-4-17-8-10/h2,5-7,10,17H,3-4,8H2,1H3,(H2,16,20)(H,18,19). The van der Waals surface area contributed by atoms with Gasteiger partial charge in [0, 0.05) is 24.2 Å². The first-order chi connectivity index (χ1) is 10.2. The van der Waals surface area contributed by atoms with Gasteiger partial charge in [0.1, 0.15) is 11.6 Å². The van der Waals surface area contributed by atoms with Gasteiger partial charge in [-0.15, -0.1) is 0 Å². The van der Waals surface area contributed by atoms with E-state index in [1.54, 1.807) is 12.3 Å². The van der Waals surface area contributed by atoms with E-state index in [1.807, 2.05) is 12.1 Å². The molecule has 1 unspecified atom stereocenters. The predicted octanol–water partition coefficient (Wildman–Crippen LogP) is 1.12. The van der Waals surface area contributed by atoms with Gasteiger partial charge in [0.2, 0.25) is 0 Å². The zero-order valence-corrected chi connectivity index (χ0v) is 11.8. The molecule has 0 radical (unpaired) electrons. The van der Waals surface area contributed by atoms with Crippen LogP contribution in [0.3, 0.4) is 0 Å². The fourth-order valence-corrected chi connectivity index (χ4v) is 2.65. The van der Waals surface area contributed by atoms with Gasteiger partial charge in [-0.1, -0.05) is 0 Å². The summed E-state index contributed by atoms with van der Waals surface area (Å²) in [5, 5.41) is 8.58. The molecule has 0 saturated carbocycles. The molecule has 110 valence electrons. The van der Waals surface area contributed by atoms with Crippen LogP contribution in [0.4, 0.5) is 5.82 Å². The lowest BCUT2D eigenvalue weighted by Gasteiger charge is -2.15.